The van der Waals surface area contributed by atoms with Gasteiger partial charge in [0, 0.05) is 211 Å². The molecule has 6 aromatic carbocycles. The summed E-state index contributed by atoms with van der Waals surface area (Å²) in [6.45, 7) is 4.28. The fourth-order valence-corrected chi connectivity index (χ4v) is 7.67. The monoisotopic (exact) mass is 1260 g/mol. The van der Waals surface area contributed by atoms with Crippen LogP contribution in [0.15, 0.2) is 146 Å². The first kappa shape index (κ1) is 66.6. The molecule has 1 amide bonds. The highest BCUT2D eigenvalue weighted by Gasteiger charge is 2.29. The van der Waals surface area contributed by atoms with Crippen LogP contribution in [-0.2, 0) is 4.74 Å². The van der Waals surface area contributed by atoms with Crippen molar-refractivity contribution in [2.45, 2.75) is 31.8 Å². The quantitative estimate of drug-likeness (QED) is 0.141. The second-order valence-corrected chi connectivity index (χ2v) is 17.8. The van der Waals surface area contributed by atoms with Crippen LogP contribution < -0.4 is 20.5 Å². The van der Waals surface area contributed by atoms with Crippen LogP contribution in [0.5, 0.6) is 11.5 Å². The molecule has 2 unspecified atom stereocenters. The molecule has 1 aliphatic rings. The SMILES string of the molecule is C#CC#CC#CC#CC#CC#CC#CC#CC#CC#CC#COc1ccc(C(N)c2ccc(C)cc2)cc1.C#CC#CC#CC#CC#CC#CC#CC#CC#CC#CC#COc1ccc(C(NC(=O)OCC2c3ccccc3-c3ccccc32)c2ccc(C)cc2)cc1.[HH].[HH].[HH].[HH].[HH].[HH].[HH].[HH].[HH].[HH].[HH].[HH].[HH].[HH].[HH].[HH].[HH].[HH].[HH].[HH].[HH].[HH].[HH].[HH].[HH].[HH].[HH].[HH].[HH].[HH].[HH].[HH].[HH].[HH].[HH].[HH].[HH].[HH].[HH].[HH].[HH].[HH].[HH].[HH]. The number of fused-ring (bicyclic) bond motifs is 3. The van der Waals surface area contributed by atoms with E-state index in [2.05, 4.69) is 279 Å². The van der Waals surface area contributed by atoms with Gasteiger partial charge in [-0.1, -0.05) is 132 Å². The van der Waals surface area contributed by atoms with Gasteiger partial charge in [0.2, 0.25) is 0 Å². The molecule has 0 fully saturated rings. The lowest BCUT2D eigenvalue weighted by molar-refractivity contribution is 0.140. The zero-order valence-corrected chi connectivity index (χ0v) is 49.7. The molecule has 2 atom stereocenters. The molecule has 0 radical (unpaired) electrons. The van der Waals surface area contributed by atoms with Gasteiger partial charge in [-0.05, 0) is 177 Å². The summed E-state index contributed by atoms with van der Waals surface area (Å²) >= 11 is 0. The van der Waals surface area contributed by atoms with Crippen molar-refractivity contribution in [2.24, 2.45) is 5.73 Å². The summed E-state index contributed by atoms with van der Waals surface area (Å²) in [7, 11) is 0. The van der Waals surface area contributed by atoms with Gasteiger partial charge in [0.15, 0.2) is 0 Å². The minimum atomic E-state index is -0.510. The molecule has 6 aromatic rings. The van der Waals surface area contributed by atoms with Gasteiger partial charge in [-0.3, -0.25) is 0 Å². The normalized spacial score (nSPS) is 8.74. The molecule has 0 heterocycles. The maximum Gasteiger partial charge on any atom is 0.407 e. The van der Waals surface area contributed by atoms with Gasteiger partial charge in [0.05, 0.1) is 12.1 Å². The van der Waals surface area contributed by atoms with Gasteiger partial charge in [-0.15, -0.1) is 12.8 Å². The van der Waals surface area contributed by atoms with Crippen molar-refractivity contribution in [3.05, 3.63) is 190 Å². The van der Waals surface area contributed by atoms with Crippen molar-refractivity contribution in [3.63, 3.8) is 0 Å². The number of benzene rings is 6. The molecule has 7 rings (SSSR count). The van der Waals surface area contributed by atoms with Crippen molar-refractivity contribution in [2.75, 3.05) is 6.61 Å². The number of hydrogen-bond acceptors (Lipinski definition) is 5. The number of amides is 1. The summed E-state index contributed by atoms with van der Waals surface area (Å²) in [5.74, 6) is 101. The van der Waals surface area contributed by atoms with Crippen LogP contribution in [0.1, 0.15) is 125 Å². The fourth-order valence-electron chi connectivity index (χ4n) is 7.67. The number of carbonyl (C=O) groups excluding carboxylic acids is 1. The molecule has 0 spiro atoms. The minimum absolute atomic E-state index is 0. The summed E-state index contributed by atoms with van der Waals surface area (Å²) in [4.78, 5) is 13.3. The summed E-state index contributed by atoms with van der Waals surface area (Å²) in [6.07, 6.45) is 14.5. The molecular formula is C87H128N2O4. The highest BCUT2D eigenvalue weighted by Crippen LogP contribution is 2.44. The van der Waals surface area contributed by atoms with Crippen LogP contribution in [0.4, 0.5) is 4.79 Å². The van der Waals surface area contributed by atoms with Gasteiger partial charge in [0.1, 0.15) is 30.3 Å². The number of ether oxygens (including phenoxy) is 3. The van der Waals surface area contributed by atoms with Crippen LogP contribution in [0, 0.1) is 276 Å². The lowest BCUT2D eigenvalue weighted by Gasteiger charge is -2.21. The third kappa shape index (κ3) is 25.3. The van der Waals surface area contributed by atoms with Gasteiger partial charge in [0.25, 0.3) is 0 Å². The highest BCUT2D eigenvalue weighted by atomic mass is 16.5. The van der Waals surface area contributed by atoms with E-state index >= 15 is 0 Å². The molecule has 6 nitrogen and oxygen atoms in total. The van der Waals surface area contributed by atoms with Crippen molar-refractivity contribution >= 4 is 6.09 Å². The highest BCUT2D eigenvalue weighted by molar-refractivity contribution is 5.79. The second-order valence-electron chi connectivity index (χ2n) is 17.8. The summed E-state index contributed by atoms with van der Waals surface area (Å²) < 4.78 is 16.7. The number of terminal acetylenes is 2. The third-order valence-electron chi connectivity index (χ3n) is 11.7. The van der Waals surface area contributed by atoms with E-state index in [0.717, 1.165) is 38.9 Å². The first-order chi connectivity index (χ1) is 45.8. The van der Waals surface area contributed by atoms with Gasteiger partial charge in [-0.25, -0.2) is 4.79 Å². The van der Waals surface area contributed by atoms with Gasteiger partial charge < -0.3 is 25.3 Å². The molecular weight excluding hydrogens is 1140 g/mol. The Morgan fingerprint density at radius 3 is 0.978 bits per heavy atom. The van der Waals surface area contributed by atoms with Gasteiger partial charge in [-0.2, -0.15) is 0 Å². The Hall–Kier alpha value is -15.5. The minimum Gasteiger partial charge on any atom is -0.449 e. The molecule has 1 aliphatic carbocycles. The molecule has 0 saturated carbocycles. The Labute approximate surface area is 611 Å². The Kier molecular flexibility index (Phi) is 29.1. The zero-order chi connectivity index (χ0) is 65.4. The number of alkyl carbamates (subject to hydrolysis) is 1. The first-order valence-corrected chi connectivity index (χ1v) is 27.3. The molecule has 510 valence electrons. The molecule has 0 bridgehead atoms. The van der Waals surface area contributed by atoms with Crippen molar-refractivity contribution < 1.29 is 81.8 Å². The Bertz CT molecular complexity index is 5410. The lowest BCUT2D eigenvalue weighted by atomic mass is 9.97. The summed E-state index contributed by atoms with van der Waals surface area (Å²) in [6, 6.07) is 46.7. The Morgan fingerprint density at radius 1 is 0.387 bits per heavy atom. The average molecular weight is 1270 g/mol. The van der Waals surface area contributed by atoms with Crippen LogP contribution in [0.3, 0.4) is 0 Å². The topological polar surface area (TPSA) is 82.8 Å². The predicted octanol–water partition coefficient (Wildman–Crippen LogP) is 20.5. The van der Waals surface area contributed by atoms with Crippen LogP contribution >= 0.6 is 0 Å². The number of nitrogens with two attached hydrogens (primary N) is 1. The van der Waals surface area contributed by atoms with Crippen molar-refractivity contribution in [1.82, 2.24) is 5.32 Å². The number of nitrogens with one attached hydrogen (secondary N) is 1. The number of hydrogen-bond donors (Lipinski definition) is 2. The van der Waals surface area contributed by atoms with E-state index in [-0.39, 0.29) is 81.3 Å². The standard InChI is InChI=1S/C51H25NO3.C36H15NO.44H2/c1-3-4-5-6-7-8-9-10-11-12-13-14-15-16-17-18-19-20-21-26-39-54-44-37-35-43(36-38-44)50(42-33-31-41(2)32-34-42)52-51(53)55-40-49-47-29-24-22-27-45(47)46-28-23-25-30-48(46)49;1-3-4-5-6-7-8-9-10-11-12-13-14-15-16-17-18-19-20-21-22-31-38-35-29-27-34(28-30-35)36(37)33-25-23-32(2)24-26-33;;;;;;;;;;;;;;;;;;;;;;;;;;;;;;;;;;;;;;;;;;;;/h1,22-25,27-38,49-50H,40H2,2H3,(H,52,53);1,23-30,36H,37H2,2H3;44*1H. The zero-order valence-electron chi connectivity index (χ0n) is 49.7. The smallest absolute Gasteiger partial charge is 0.407 e. The molecule has 0 aromatic heterocycles. The number of rotatable bonds is 9. The maximum absolute atomic E-state index is 13.3. The van der Waals surface area contributed by atoms with E-state index in [9.17, 15) is 4.79 Å². The van der Waals surface area contributed by atoms with E-state index in [4.69, 9.17) is 32.8 Å². The Morgan fingerprint density at radius 2 is 0.656 bits per heavy atom. The van der Waals surface area contributed by atoms with E-state index in [1.54, 1.807) is 12.1 Å². The lowest BCUT2D eigenvalue weighted by Crippen LogP contribution is -2.31. The Balaban J connectivity index is -0.0000000295. The molecule has 93 heavy (non-hydrogen) atoms. The van der Waals surface area contributed by atoms with Crippen molar-refractivity contribution in [3.8, 4) is 285 Å². The molecule has 3 N–H and O–H groups in total. The average Bonchev–Trinajstić information content (AvgIpc) is 1.62. The largest absolute Gasteiger partial charge is 0.449 e. The first-order valence-electron chi connectivity index (χ1n) is 27.3. The van der Waals surface area contributed by atoms with E-state index in [1.165, 1.54) is 16.7 Å². The summed E-state index contributed by atoms with van der Waals surface area (Å²) in [5, 5.41) is 3.07. The van der Waals surface area contributed by atoms with Crippen molar-refractivity contribution in [1.29, 1.82) is 0 Å². The van der Waals surface area contributed by atoms with Crippen LogP contribution in [0.2, 0.25) is 0 Å². The van der Waals surface area contributed by atoms with E-state index in [1.807, 2.05) is 123 Å². The maximum atomic E-state index is 13.3. The fraction of sp³-hybridized carbons (Fsp3) is 0.0690. The predicted molar refractivity (Wildman–Crippen MR) is 459 cm³/mol. The number of aryl methyl sites for hydroxylation is 2. The van der Waals surface area contributed by atoms with Gasteiger partial charge >= 0.3 is 6.09 Å². The number of carbonyl (C=O) groups is 1. The molecule has 0 saturated heterocycles. The summed E-state index contributed by atoms with van der Waals surface area (Å²) in [5.41, 5.74) is 17.1. The molecule has 6 heteroatoms. The van der Waals surface area contributed by atoms with Crippen LogP contribution in [-0.4, -0.2) is 12.7 Å². The second kappa shape index (κ2) is 40.7. The van der Waals surface area contributed by atoms with Crippen LogP contribution in [0.25, 0.3) is 11.1 Å². The molecule has 0 aliphatic heterocycles. The van der Waals surface area contributed by atoms with E-state index in [0.29, 0.717) is 11.5 Å². The van der Waals surface area contributed by atoms with E-state index < -0.39 is 12.1 Å². The third-order valence-corrected chi connectivity index (χ3v) is 11.7.